The van der Waals surface area contributed by atoms with Crippen molar-refractivity contribution in [1.82, 2.24) is 9.88 Å². The summed E-state index contributed by atoms with van der Waals surface area (Å²) in [5.74, 6) is -1.76. The number of nitrogens with zero attached hydrogens (tertiary/aromatic N) is 3. The molecule has 40 heavy (non-hydrogen) atoms. The lowest BCUT2D eigenvalue weighted by molar-refractivity contribution is -0.384. The normalized spacial score (nSPS) is 14.5. The van der Waals surface area contributed by atoms with Gasteiger partial charge >= 0.3 is 5.24 Å². The summed E-state index contributed by atoms with van der Waals surface area (Å²) in [4.78, 5) is 52.9. The Hall–Kier alpha value is -4.66. The fourth-order valence-corrected chi connectivity index (χ4v) is 6.42. The van der Waals surface area contributed by atoms with Gasteiger partial charge in [-0.25, -0.2) is 18.3 Å². The van der Waals surface area contributed by atoms with Gasteiger partial charge in [-0.1, -0.05) is 42.5 Å². The summed E-state index contributed by atoms with van der Waals surface area (Å²) in [6.45, 7) is 0. The number of thiazole rings is 1. The van der Waals surface area contributed by atoms with E-state index >= 15 is 0 Å². The van der Waals surface area contributed by atoms with Crippen molar-refractivity contribution in [3.63, 3.8) is 0 Å². The van der Waals surface area contributed by atoms with Crippen LogP contribution in [0.5, 0.6) is 0 Å². The first-order valence-electron chi connectivity index (χ1n) is 11.3. The molecule has 1 N–H and O–H groups in total. The topological polar surface area (TPSA) is 157 Å². The van der Waals surface area contributed by atoms with Crippen LogP contribution in [0.3, 0.4) is 0 Å². The highest BCUT2D eigenvalue weighted by Gasteiger charge is 2.40. The number of anilines is 1. The minimum Gasteiger partial charge on any atom is -0.268 e. The number of rotatable bonds is 7. The van der Waals surface area contributed by atoms with E-state index in [-0.39, 0.29) is 26.2 Å². The van der Waals surface area contributed by atoms with Crippen LogP contribution in [0.4, 0.5) is 15.6 Å². The van der Waals surface area contributed by atoms with Crippen LogP contribution in [-0.4, -0.2) is 40.3 Å². The van der Waals surface area contributed by atoms with Crippen molar-refractivity contribution < 1.29 is 27.7 Å². The van der Waals surface area contributed by atoms with E-state index in [2.05, 4.69) is 9.71 Å². The SMILES string of the molecule is O=C1S/C(=C\c2ccc(S(=O)(=O)Nc3nc(-c4ccccc4)cs3)cc2)C(=O)N1C(=O)c1ccc([N+](=O)[O-])cc1. The van der Waals surface area contributed by atoms with E-state index in [4.69, 9.17) is 0 Å². The molecule has 1 aliphatic rings. The summed E-state index contributed by atoms with van der Waals surface area (Å²) in [7, 11) is -3.95. The monoisotopic (exact) mass is 592 g/mol. The van der Waals surface area contributed by atoms with Crippen LogP contribution in [0.2, 0.25) is 0 Å². The summed E-state index contributed by atoms with van der Waals surface area (Å²) in [5.41, 5.74) is 1.61. The number of hydrogen-bond acceptors (Lipinski definition) is 10. The predicted molar refractivity (Wildman–Crippen MR) is 150 cm³/mol. The number of non-ortho nitro benzene ring substituents is 1. The van der Waals surface area contributed by atoms with Crippen molar-refractivity contribution in [3.8, 4) is 11.3 Å². The fraction of sp³-hybridized carbons (Fsp3) is 0. The molecule has 14 heteroatoms. The molecule has 0 saturated carbocycles. The number of nitro benzene ring substituents is 1. The number of amides is 3. The van der Waals surface area contributed by atoms with Crippen LogP contribution in [0.25, 0.3) is 17.3 Å². The number of benzene rings is 3. The quantitative estimate of drug-likeness (QED) is 0.128. The highest BCUT2D eigenvalue weighted by atomic mass is 32.2. The van der Waals surface area contributed by atoms with E-state index in [0.717, 1.165) is 41.2 Å². The summed E-state index contributed by atoms with van der Waals surface area (Å²) >= 11 is 1.70. The van der Waals surface area contributed by atoms with Gasteiger partial charge in [0.05, 0.1) is 20.4 Å². The average molecular weight is 593 g/mol. The van der Waals surface area contributed by atoms with Gasteiger partial charge in [0.25, 0.3) is 27.5 Å². The van der Waals surface area contributed by atoms with Gasteiger partial charge in [0.1, 0.15) is 0 Å². The van der Waals surface area contributed by atoms with Crippen LogP contribution in [0, 0.1) is 10.1 Å². The Morgan fingerprint density at radius 2 is 1.65 bits per heavy atom. The van der Waals surface area contributed by atoms with E-state index in [1.165, 1.54) is 30.3 Å². The van der Waals surface area contributed by atoms with Gasteiger partial charge in [0.2, 0.25) is 0 Å². The molecule has 200 valence electrons. The van der Waals surface area contributed by atoms with Gasteiger partial charge in [-0.2, -0.15) is 0 Å². The van der Waals surface area contributed by atoms with E-state index in [1.807, 2.05) is 30.3 Å². The zero-order chi connectivity index (χ0) is 28.4. The Bertz CT molecular complexity index is 1780. The van der Waals surface area contributed by atoms with Crippen molar-refractivity contribution in [3.05, 3.63) is 110 Å². The van der Waals surface area contributed by atoms with E-state index in [1.54, 1.807) is 5.38 Å². The Morgan fingerprint density at radius 3 is 2.30 bits per heavy atom. The van der Waals surface area contributed by atoms with Crippen LogP contribution >= 0.6 is 23.1 Å². The minimum atomic E-state index is -3.95. The molecule has 11 nitrogen and oxygen atoms in total. The molecule has 1 aromatic heterocycles. The van der Waals surface area contributed by atoms with Crippen LogP contribution in [0.15, 0.2) is 94.0 Å². The number of imide groups is 3. The first-order chi connectivity index (χ1) is 19.1. The second kappa shape index (κ2) is 10.8. The second-order valence-electron chi connectivity index (χ2n) is 8.20. The Balaban J connectivity index is 1.29. The fourth-order valence-electron chi connectivity index (χ4n) is 3.63. The lowest BCUT2D eigenvalue weighted by Gasteiger charge is -2.10. The van der Waals surface area contributed by atoms with Crippen molar-refractivity contribution in [2.45, 2.75) is 4.90 Å². The summed E-state index contributed by atoms with van der Waals surface area (Å²) in [5, 5.41) is 11.9. The molecule has 0 bridgehead atoms. The molecule has 1 aliphatic heterocycles. The standard InChI is InChI=1S/C26H16N4O7S3/c31-23(18-8-10-19(11-9-18)30(34)35)29-24(32)22(39-26(29)33)14-16-6-12-20(13-7-16)40(36,37)28-25-27-21(15-38-25)17-4-2-1-3-5-17/h1-15H,(H,27,28)/b22-14-. The van der Waals surface area contributed by atoms with E-state index in [0.29, 0.717) is 27.9 Å². The van der Waals surface area contributed by atoms with Gasteiger partial charge < -0.3 is 0 Å². The van der Waals surface area contributed by atoms with Crippen molar-refractivity contribution in [1.29, 1.82) is 0 Å². The van der Waals surface area contributed by atoms with Gasteiger partial charge in [0, 0.05) is 28.6 Å². The minimum absolute atomic E-state index is 0.0368. The van der Waals surface area contributed by atoms with Gasteiger partial charge in [-0.05, 0) is 47.7 Å². The molecular weight excluding hydrogens is 577 g/mol. The molecule has 0 radical (unpaired) electrons. The lowest BCUT2D eigenvalue weighted by Crippen LogP contribution is -2.34. The highest BCUT2D eigenvalue weighted by molar-refractivity contribution is 8.18. The molecule has 3 aromatic carbocycles. The molecule has 0 aliphatic carbocycles. The van der Waals surface area contributed by atoms with Crippen molar-refractivity contribution >= 4 is 67.1 Å². The third-order valence-corrected chi connectivity index (χ3v) is 8.72. The van der Waals surface area contributed by atoms with Gasteiger partial charge in [0.15, 0.2) is 5.13 Å². The molecule has 5 rings (SSSR count). The van der Waals surface area contributed by atoms with Crippen molar-refractivity contribution in [2.24, 2.45) is 0 Å². The summed E-state index contributed by atoms with van der Waals surface area (Å²) in [6, 6.07) is 19.4. The number of aromatic nitrogens is 1. The number of hydrogen-bond donors (Lipinski definition) is 1. The van der Waals surface area contributed by atoms with Crippen LogP contribution in [-0.2, 0) is 14.8 Å². The van der Waals surface area contributed by atoms with Crippen LogP contribution < -0.4 is 4.72 Å². The number of carbonyl (C=O) groups excluding carboxylic acids is 3. The molecular formula is C26H16N4O7S3. The Morgan fingerprint density at radius 1 is 0.975 bits per heavy atom. The second-order valence-corrected chi connectivity index (χ2v) is 11.7. The maximum absolute atomic E-state index is 12.9. The largest absolute Gasteiger partial charge is 0.300 e. The first-order valence-corrected chi connectivity index (χ1v) is 14.5. The number of sulfonamides is 1. The zero-order valence-corrected chi connectivity index (χ0v) is 22.5. The van der Waals surface area contributed by atoms with E-state index < -0.39 is 32.0 Å². The van der Waals surface area contributed by atoms with E-state index in [9.17, 15) is 32.9 Å². The third-order valence-electron chi connectivity index (χ3n) is 5.61. The smallest absolute Gasteiger partial charge is 0.268 e. The summed E-state index contributed by atoms with van der Waals surface area (Å²) < 4.78 is 28.2. The highest BCUT2D eigenvalue weighted by Crippen LogP contribution is 2.34. The molecule has 0 unspecified atom stereocenters. The maximum atomic E-state index is 12.9. The maximum Gasteiger partial charge on any atom is 0.300 e. The summed E-state index contributed by atoms with van der Waals surface area (Å²) in [6.07, 6.45) is 1.37. The molecule has 3 amide bonds. The van der Waals surface area contributed by atoms with Gasteiger partial charge in [-0.3, -0.25) is 29.2 Å². The number of thioether (sulfide) groups is 1. The first kappa shape index (κ1) is 26.9. The molecule has 1 saturated heterocycles. The zero-order valence-electron chi connectivity index (χ0n) is 20.1. The van der Waals surface area contributed by atoms with Crippen molar-refractivity contribution in [2.75, 3.05) is 4.72 Å². The number of nitrogens with one attached hydrogen (secondary N) is 1. The van der Waals surface area contributed by atoms with Crippen LogP contribution in [0.1, 0.15) is 15.9 Å². The van der Waals surface area contributed by atoms with Gasteiger partial charge in [-0.15, -0.1) is 11.3 Å². The molecule has 2 heterocycles. The molecule has 0 spiro atoms. The average Bonchev–Trinajstić information content (AvgIpc) is 3.52. The number of carbonyl (C=O) groups is 3. The number of nitro groups is 1. The Kier molecular flexibility index (Phi) is 7.30. The molecule has 1 fully saturated rings. The third kappa shape index (κ3) is 5.54. The molecule has 4 aromatic rings. The predicted octanol–water partition coefficient (Wildman–Crippen LogP) is 5.40. The lowest BCUT2D eigenvalue weighted by atomic mass is 10.1. The Labute approximate surface area is 235 Å². The molecule has 0 atom stereocenters.